The molecule has 8 rings (SSSR count). The van der Waals surface area contributed by atoms with Gasteiger partial charge in [-0.05, 0) is 96.1 Å². The van der Waals surface area contributed by atoms with Gasteiger partial charge in [0.05, 0.1) is 16.7 Å². The fourth-order valence-corrected chi connectivity index (χ4v) is 7.15. The Bertz CT molecular complexity index is 2270. The molecule has 0 spiro atoms. The van der Waals surface area contributed by atoms with Gasteiger partial charge in [-0.3, -0.25) is 0 Å². The molecule has 0 fully saturated rings. The zero-order valence-corrected chi connectivity index (χ0v) is 25.1. The monoisotopic (exact) mass is 551 g/mol. The molecule has 0 aliphatic heterocycles. The average molecular weight is 552 g/mol. The smallest absolute Gasteiger partial charge is 0.0619 e. The van der Waals surface area contributed by atoms with Crippen molar-refractivity contribution >= 4 is 43.4 Å². The fraction of sp³-hybridized carbons (Fsp3) is 0.0952. The molecule has 0 radical (unpaired) electrons. The molecule has 1 aromatic heterocycles. The van der Waals surface area contributed by atoms with Crippen molar-refractivity contribution in [3.63, 3.8) is 0 Å². The van der Waals surface area contributed by atoms with Crippen molar-refractivity contribution in [1.29, 1.82) is 0 Å². The molecule has 0 N–H and O–H groups in total. The van der Waals surface area contributed by atoms with Crippen LogP contribution in [0, 0.1) is 27.7 Å². The second kappa shape index (κ2) is 9.71. The lowest BCUT2D eigenvalue weighted by Gasteiger charge is -2.20. The third-order valence-electron chi connectivity index (χ3n) is 9.15. The highest BCUT2D eigenvalue weighted by Gasteiger charge is 2.21. The van der Waals surface area contributed by atoms with Gasteiger partial charge in [0.15, 0.2) is 0 Å². The minimum atomic E-state index is 1.24. The topological polar surface area (TPSA) is 4.93 Å². The summed E-state index contributed by atoms with van der Waals surface area (Å²) in [6.45, 7) is 8.81. The van der Waals surface area contributed by atoms with Crippen molar-refractivity contribution in [2.24, 2.45) is 0 Å². The Kier molecular flexibility index (Phi) is 5.77. The van der Waals surface area contributed by atoms with Gasteiger partial charge in [0.1, 0.15) is 0 Å². The van der Waals surface area contributed by atoms with Gasteiger partial charge in [-0.1, -0.05) is 114 Å². The van der Waals surface area contributed by atoms with E-state index < -0.39 is 0 Å². The van der Waals surface area contributed by atoms with E-state index in [2.05, 4.69) is 160 Å². The van der Waals surface area contributed by atoms with Gasteiger partial charge in [-0.15, -0.1) is 0 Å². The molecule has 1 heterocycles. The molecule has 1 heteroatoms. The lowest BCUT2D eigenvalue weighted by atomic mass is 9.88. The first-order chi connectivity index (χ1) is 21.0. The third-order valence-corrected chi connectivity index (χ3v) is 9.15. The highest BCUT2D eigenvalue weighted by atomic mass is 15.0. The first-order valence-corrected chi connectivity index (χ1v) is 15.1. The van der Waals surface area contributed by atoms with Crippen molar-refractivity contribution in [1.82, 2.24) is 4.57 Å². The van der Waals surface area contributed by atoms with Crippen LogP contribution in [0.1, 0.15) is 22.3 Å². The summed E-state index contributed by atoms with van der Waals surface area (Å²) in [6.07, 6.45) is 0. The van der Waals surface area contributed by atoms with Crippen LogP contribution in [0.15, 0.2) is 127 Å². The zero-order chi connectivity index (χ0) is 29.2. The van der Waals surface area contributed by atoms with Crippen LogP contribution < -0.4 is 0 Å². The van der Waals surface area contributed by atoms with Gasteiger partial charge in [0.25, 0.3) is 0 Å². The highest BCUT2D eigenvalue weighted by molar-refractivity contribution is 6.21. The van der Waals surface area contributed by atoms with Crippen LogP contribution in [0.4, 0.5) is 0 Å². The van der Waals surface area contributed by atoms with Gasteiger partial charge >= 0.3 is 0 Å². The predicted octanol–water partition coefficient (Wildman–Crippen LogP) is 11.7. The fourth-order valence-electron chi connectivity index (χ4n) is 7.15. The molecule has 0 atom stereocenters. The van der Waals surface area contributed by atoms with E-state index in [1.54, 1.807) is 0 Å². The van der Waals surface area contributed by atoms with E-state index in [4.69, 9.17) is 0 Å². The molecule has 8 aromatic rings. The largest absolute Gasteiger partial charge is 0.308 e. The van der Waals surface area contributed by atoms with Crippen LogP contribution in [0.25, 0.3) is 71.3 Å². The summed E-state index contributed by atoms with van der Waals surface area (Å²) in [6, 6.07) is 47.3. The van der Waals surface area contributed by atoms with Crippen molar-refractivity contribution in [3.05, 3.63) is 150 Å². The average Bonchev–Trinajstić information content (AvgIpc) is 3.32. The Morgan fingerprint density at radius 3 is 1.47 bits per heavy atom. The number of fused-ring (bicyclic) bond motifs is 5. The summed E-state index contributed by atoms with van der Waals surface area (Å²) in [5.74, 6) is 0. The second-order valence-electron chi connectivity index (χ2n) is 12.0. The molecular weight excluding hydrogens is 518 g/mol. The molecule has 206 valence electrons. The van der Waals surface area contributed by atoms with Crippen LogP contribution >= 0.6 is 0 Å². The van der Waals surface area contributed by atoms with Gasteiger partial charge in [0.2, 0.25) is 0 Å². The first-order valence-electron chi connectivity index (χ1n) is 15.1. The maximum atomic E-state index is 2.50. The van der Waals surface area contributed by atoms with E-state index in [-0.39, 0.29) is 0 Å². The minimum Gasteiger partial charge on any atom is -0.308 e. The lowest BCUT2D eigenvalue weighted by Crippen LogP contribution is -1.99. The Hall–Kier alpha value is -5.14. The molecule has 0 amide bonds. The Morgan fingerprint density at radius 1 is 0.395 bits per heavy atom. The van der Waals surface area contributed by atoms with E-state index in [0.29, 0.717) is 0 Å². The van der Waals surface area contributed by atoms with Crippen molar-refractivity contribution < 1.29 is 0 Å². The number of nitrogens with zero attached hydrogens (tertiary/aromatic N) is 1. The summed E-state index contributed by atoms with van der Waals surface area (Å²) in [5, 5.41) is 7.67. The number of benzene rings is 7. The molecule has 0 aliphatic rings. The highest BCUT2D eigenvalue weighted by Crippen LogP contribution is 2.44. The molecule has 1 nitrogen and oxygen atoms in total. The van der Waals surface area contributed by atoms with Crippen LogP contribution in [0.3, 0.4) is 0 Å². The predicted molar refractivity (Wildman–Crippen MR) is 186 cm³/mol. The maximum Gasteiger partial charge on any atom is 0.0619 e. The molecule has 0 aliphatic carbocycles. The van der Waals surface area contributed by atoms with Crippen LogP contribution in [0.2, 0.25) is 0 Å². The van der Waals surface area contributed by atoms with Gasteiger partial charge < -0.3 is 4.57 Å². The Balaban J connectivity index is 1.48. The number of rotatable bonds is 3. The van der Waals surface area contributed by atoms with Crippen LogP contribution in [-0.2, 0) is 0 Å². The molecular formula is C42H33N. The number of hydrogen-bond donors (Lipinski definition) is 0. The van der Waals surface area contributed by atoms with Crippen molar-refractivity contribution in [2.75, 3.05) is 0 Å². The SMILES string of the molecule is Cc1ccc2c(c1)c1cc(C)ccc1n2-c1c2ccccc2c(-c2ccc(-c3ccccc3C)c(C)c2)c2ccccc12. The minimum absolute atomic E-state index is 1.24. The number of aryl methyl sites for hydroxylation is 4. The quantitative estimate of drug-likeness (QED) is 0.192. The summed E-state index contributed by atoms with van der Waals surface area (Å²) in [7, 11) is 0. The molecule has 7 aromatic carbocycles. The van der Waals surface area contributed by atoms with Gasteiger partial charge in [-0.25, -0.2) is 0 Å². The molecule has 0 saturated carbocycles. The lowest BCUT2D eigenvalue weighted by molar-refractivity contribution is 1.21. The van der Waals surface area contributed by atoms with Crippen molar-refractivity contribution in [2.45, 2.75) is 27.7 Å². The Labute approximate surface area is 252 Å². The van der Waals surface area contributed by atoms with E-state index >= 15 is 0 Å². The van der Waals surface area contributed by atoms with Gasteiger partial charge in [-0.2, -0.15) is 0 Å². The molecule has 0 bridgehead atoms. The van der Waals surface area contributed by atoms with Crippen LogP contribution in [0.5, 0.6) is 0 Å². The van der Waals surface area contributed by atoms with Crippen LogP contribution in [-0.4, -0.2) is 4.57 Å². The zero-order valence-electron chi connectivity index (χ0n) is 25.1. The van der Waals surface area contributed by atoms with E-state index in [0.717, 1.165) is 0 Å². The van der Waals surface area contributed by atoms with E-state index in [1.165, 1.54) is 93.5 Å². The summed E-state index contributed by atoms with van der Waals surface area (Å²) in [4.78, 5) is 0. The van der Waals surface area contributed by atoms with Crippen molar-refractivity contribution in [3.8, 4) is 27.9 Å². The molecule has 0 unspecified atom stereocenters. The second-order valence-corrected chi connectivity index (χ2v) is 12.0. The maximum absolute atomic E-state index is 2.50. The standard InChI is InChI=1S/C42H33N/c1-26-17-21-39-37(23-26)38-24-27(2)18-22-40(38)43(39)42-35-15-9-7-13-33(35)41(34-14-8-10-16-36(34)42)30-19-20-32(29(4)25-30)31-12-6-5-11-28(31)3/h5-25H,1-4H3. The normalized spacial score (nSPS) is 11.7. The molecule has 0 saturated heterocycles. The summed E-state index contributed by atoms with van der Waals surface area (Å²) < 4.78 is 2.50. The third kappa shape index (κ3) is 3.92. The van der Waals surface area contributed by atoms with E-state index in [9.17, 15) is 0 Å². The number of hydrogen-bond acceptors (Lipinski definition) is 0. The molecule has 43 heavy (non-hydrogen) atoms. The van der Waals surface area contributed by atoms with Gasteiger partial charge in [0, 0.05) is 21.5 Å². The summed E-state index contributed by atoms with van der Waals surface area (Å²) in [5.41, 5.74) is 14.0. The first kappa shape index (κ1) is 25.6. The number of aromatic nitrogens is 1. The van der Waals surface area contributed by atoms with E-state index in [1.807, 2.05) is 0 Å². The summed E-state index contributed by atoms with van der Waals surface area (Å²) >= 11 is 0. The Morgan fingerprint density at radius 2 is 0.907 bits per heavy atom.